The lowest BCUT2D eigenvalue weighted by Gasteiger charge is -2.05. The van der Waals surface area contributed by atoms with Crippen LogP contribution in [0.2, 0.25) is 0 Å². The Morgan fingerprint density at radius 2 is 2.29 bits per heavy atom. The second-order valence-corrected chi connectivity index (χ2v) is 3.56. The van der Waals surface area contributed by atoms with E-state index in [9.17, 15) is 4.79 Å². The van der Waals surface area contributed by atoms with Crippen molar-refractivity contribution < 1.29 is 4.79 Å². The molecule has 0 aliphatic rings. The highest BCUT2D eigenvalue weighted by Crippen LogP contribution is 2.20. The first kappa shape index (κ1) is 11.4. The molecule has 2 aromatic rings. The van der Waals surface area contributed by atoms with Gasteiger partial charge in [0.1, 0.15) is 0 Å². The molecule has 2 amide bonds. The van der Waals surface area contributed by atoms with Crippen molar-refractivity contribution in [2.45, 2.75) is 0 Å². The van der Waals surface area contributed by atoms with Gasteiger partial charge in [-0.2, -0.15) is 4.09 Å². The zero-order chi connectivity index (χ0) is 12.3. The fourth-order valence-electron chi connectivity index (χ4n) is 1.29. The Bertz CT molecular complexity index is 540. The third-order valence-electron chi connectivity index (χ3n) is 2.06. The largest absolute Gasteiger partial charge is 0.341 e. The quantitative estimate of drug-likeness (QED) is 0.688. The van der Waals surface area contributed by atoms with Crippen LogP contribution >= 0.6 is 12.8 Å². The molecule has 0 aliphatic heterocycles. The minimum atomic E-state index is -0.285. The van der Waals surface area contributed by atoms with Gasteiger partial charge < -0.3 is 10.6 Å². The highest BCUT2D eigenvalue weighted by molar-refractivity contribution is 7.78. The van der Waals surface area contributed by atoms with Gasteiger partial charge in [-0.3, -0.25) is 0 Å². The lowest BCUT2D eigenvalue weighted by Crippen LogP contribution is -2.24. The van der Waals surface area contributed by atoms with Crippen molar-refractivity contribution in [2.75, 3.05) is 12.4 Å². The number of thiol groups is 1. The maximum Gasteiger partial charge on any atom is 0.318 e. The molecule has 0 radical (unpaired) electrons. The van der Waals surface area contributed by atoms with E-state index in [2.05, 4.69) is 39.0 Å². The van der Waals surface area contributed by atoms with Crippen LogP contribution in [0.15, 0.2) is 24.3 Å². The van der Waals surface area contributed by atoms with Gasteiger partial charge in [0.05, 0.1) is 0 Å². The first-order chi connectivity index (χ1) is 8.20. The smallest absolute Gasteiger partial charge is 0.318 e. The first-order valence-electron chi connectivity index (χ1n) is 4.77. The van der Waals surface area contributed by atoms with Crippen molar-refractivity contribution in [3.63, 3.8) is 0 Å². The summed E-state index contributed by atoms with van der Waals surface area (Å²) in [5.74, 6) is 0.508. The molecule has 2 rings (SSSR count). The van der Waals surface area contributed by atoms with Crippen LogP contribution in [0.1, 0.15) is 0 Å². The zero-order valence-electron chi connectivity index (χ0n) is 8.95. The van der Waals surface area contributed by atoms with E-state index in [0.717, 1.165) is 5.56 Å². The Labute approximate surface area is 103 Å². The average Bonchev–Trinajstić information content (AvgIpc) is 2.75. The number of benzene rings is 1. The van der Waals surface area contributed by atoms with Crippen molar-refractivity contribution in [1.82, 2.24) is 24.9 Å². The average molecular weight is 250 g/mol. The summed E-state index contributed by atoms with van der Waals surface area (Å²) in [7, 11) is 1.55. The Morgan fingerprint density at radius 1 is 1.47 bits per heavy atom. The molecule has 0 saturated heterocycles. The molecule has 7 nitrogen and oxygen atoms in total. The molecule has 0 unspecified atom stereocenters. The van der Waals surface area contributed by atoms with E-state index in [1.807, 2.05) is 6.07 Å². The van der Waals surface area contributed by atoms with Gasteiger partial charge >= 0.3 is 6.03 Å². The van der Waals surface area contributed by atoms with E-state index in [-0.39, 0.29) is 6.03 Å². The SMILES string of the molecule is CNC(=O)Nc1cccc(-c2nnnn2S)c1. The molecule has 0 aliphatic carbocycles. The third kappa shape index (κ3) is 2.53. The van der Waals surface area contributed by atoms with E-state index < -0.39 is 0 Å². The summed E-state index contributed by atoms with van der Waals surface area (Å²) in [5, 5.41) is 16.1. The van der Waals surface area contributed by atoms with Gasteiger partial charge in [-0.05, 0) is 35.4 Å². The van der Waals surface area contributed by atoms with Crippen LogP contribution in [0, 0.1) is 0 Å². The summed E-state index contributed by atoms with van der Waals surface area (Å²) in [6, 6.07) is 6.86. The number of carbonyl (C=O) groups excluding carboxylic acids is 1. The normalized spacial score (nSPS) is 10.0. The number of hydrogen-bond donors (Lipinski definition) is 3. The Hall–Kier alpha value is -2.09. The van der Waals surface area contributed by atoms with Crippen LogP contribution in [0.25, 0.3) is 11.4 Å². The lowest BCUT2D eigenvalue weighted by molar-refractivity contribution is 0.254. The summed E-state index contributed by atoms with van der Waals surface area (Å²) in [4.78, 5) is 11.2. The molecular formula is C9H10N6OS. The first-order valence-corrected chi connectivity index (χ1v) is 5.17. The van der Waals surface area contributed by atoms with Gasteiger partial charge in [0.25, 0.3) is 0 Å². The van der Waals surface area contributed by atoms with Crippen molar-refractivity contribution >= 4 is 24.5 Å². The van der Waals surface area contributed by atoms with E-state index in [4.69, 9.17) is 0 Å². The summed E-state index contributed by atoms with van der Waals surface area (Å²) in [6.07, 6.45) is 0. The topological polar surface area (TPSA) is 84.7 Å². The number of aromatic nitrogens is 4. The molecule has 17 heavy (non-hydrogen) atoms. The van der Waals surface area contributed by atoms with E-state index in [0.29, 0.717) is 11.5 Å². The number of urea groups is 1. The zero-order valence-corrected chi connectivity index (χ0v) is 9.85. The van der Waals surface area contributed by atoms with Crippen LogP contribution in [0.5, 0.6) is 0 Å². The van der Waals surface area contributed by atoms with E-state index in [1.165, 1.54) is 4.09 Å². The Kier molecular flexibility index (Phi) is 3.24. The summed E-state index contributed by atoms with van der Waals surface area (Å²) < 4.78 is 1.26. The second-order valence-electron chi connectivity index (χ2n) is 3.18. The molecule has 88 valence electrons. The molecule has 0 fully saturated rings. The minimum absolute atomic E-state index is 0.285. The summed E-state index contributed by atoms with van der Waals surface area (Å²) in [5.41, 5.74) is 1.41. The molecule has 8 heteroatoms. The molecule has 0 bridgehead atoms. The number of nitrogens with zero attached hydrogens (tertiary/aromatic N) is 4. The van der Waals surface area contributed by atoms with Crippen LogP contribution in [-0.4, -0.2) is 32.7 Å². The molecule has 0 saturated carbocycles. The van der Waals surface area contributed by atoms with Crippen LogP contribution in [0.3, 0.4) is 0 Å². The predicted molar refractivity (Wildman–Crippen MR) is 65.7 cm³/mol. The highest BCUT2D eigenvalue weighted by Gasteiger charge is 2.07. The molecule has 2 N–H and O–H groups in total. The minimum Gasteiger partial charge on any atom is -0.341 e. The van der Waals surface area contributed by atoms with Crippen molar-refractivity contribution in [3.05, 3.63) is 24.3 Å². The molecule has 1 heterocycles. The Balaban J connectivity index is 2.29. The van der Waals surface area contributed by atoms with Crippen LogP contribution in [-0.2, 0) is 0 Å². The molecule has 1 aromatic heterocycles. The van der Waals surface area contributed by atoms with Crippen molar-refractivity contribution in [1.29, 1.82) is 0 Å². The summed E-state index contributed by atoms with van der Waals surface area (Å²) >= 11 is 4.06. The fourth-order valence-corrected chi connectivity index (χ4v) is 1.48. The van der Waals surface area contributed by atoms with Gasteiger partial charge in [0, 0.05) is 18.3 Å². The molecular weight excluding hydrogens is 240 g/mol. The Morgan fingerprint density at radius 3 is 2.94 bits per heavy atom. The van der Waals surface area contributed by atoms with Gasteiger partial charge in [0.2, 0.25) is 0 Å². The van der Waals surface area contributed by atoms with Crippen molar-refractivity contribution in [2.24, 2.45) is 0 Å². The number of rotatable bonds is 2. The fraction of sp³-hybridized carbons (Fsp3) is 0.111. The maximum absolute atomic E-state index is 11.2. The van der Waals surface area contributed by atoms with Gasteiger partial charge in [0.15, 0.2) is 5.82 Å². The van der Waals surface area contributed by atoms with Gasteiger partial charge in [-0.15, -0.1) is 5.10 Å². The maximum atomic E-state index is 11.2. The number of tetrazole rings is 1. The highest BCUT2D eigenvalue weighted by atomic mass is 32.1. The number of hydrogen-bond acceptors (Lipinski definition) is 5. The molecule has 0 spiro atoms. The third-order valence-corrected chi connectivity index (χ3v) is 2.33. The van der Waals surface area contributed by atoms with Crippen molar-refractivity contribution in [3.8, 4) is 11.4 Å². The monoisotopic (exact) mass is 250 g/mol. The van der Waals surface area contributed by atoms with Gasteiger partial charge in [-0.1, -0.05) is 12.1 Å². The number of amides is 2. The summed E-state index contributed by atoms with van der Waals surface area (Å²) in [6.45, 7) is 0. The number of nitrogens with one attached hydrogen (secondary N) is 2. The van der Waals surface area contributed by atoms with Crippen LogP contribution < -0.4 is 10.6 Å². The van der Waals surface area contributed by atoms with E-state index in [1.54, 1.807) is 25.2 Å². The predicted octanol–water partition coefficient (Wildman–Crippen LogP) is 0.784. The number of anilines is 1. The molecule has 0 atom stereocenters. The standard InChI is InChI=1S/C9H10N6OS/c1-10-9(16)11-7-4-2-3-6(5-7)8-12-13-14-15(8)17/h2-5,17H,1H3,(H2,10,11,16). The number of carbonyl (C=O) groups is 1. The van der Waals surface area contributed by atoms with Crippen LogP contribution in [0.4, 0.5) is 10.5 Å². The second kappa shape index (κ2) is 4.83. The lowest BCUT2D eigenvalue weighted by atomic mass is 10.2. The molecule has 1 aromatic carbocycles. The van der Waals surface area contributed by atoms with E-state index >= 15 is 0 Å². The van der Waals surface area contributed by atoms with Gasteiger partial charge in [-0.25, -0.2) is 4.79 Å².